The normalized spacial score (nSPS) is 12.9. The molecule has 0 heterocycles. The van der Waals surface area contributed by atoms with Gasteiger partial charge in [-0.2, -0.15) is 0 Å². The predicted molar refractivity (Wildman–Crippen MR) is 273 cm³/mol. The number of hydrogen-bond acceptors (Lipinski definition) is 5. The maximum atomic E-state index is 12.5. The van der Waals surface area contributed by atoms with E-state index in [1.165, 1.54) is 186 Å². The second kappa shape index (κ2) is 52.7. The van der Waals surface area contributed by atoms with Gasteiger partial charge in [0.15, 0.2) is 0 Å². The lowest BCUT2D eigenvalue weighted by Crippen LogP contribution is -2.45. The Morgan fingerprint density at radius 1 is 0.444 bits per heavy atom. The molecule has 0 aliphatic rings. The minimum Gasteiger partial charge on any atom is -0.466 e. The summed E-state index contributed by atoms with van der Waals surface area (Å²) in [6.45, 7) is 4.89. The Kier molecular flexibility index (Phi) is 51.1. The van der Waals surface area contributed by atoms with E-state index in [2.05, 4.69) is 55.6 Å². The van der Waals surface area contributed by atoms with Crippen molar-refractivity contribution in [3.8, 4) is 0 Å². The fourth-order valence-electron chi connectivity index (χ4n) is 8.36. The Bertz CT molecular complexity index is 1020. The minimum atomic E-state index is -0.673. The molecule has 6 nitrogen and oxygen atoms in total. The summed E-state index contributed by atoms with van der Waals surface area (Å²) in [5.41, 5.74) is 0. The number of ether oxygens (including phenoxy) is 1. The average molecular weight is 886 g/mol. The Hall–Kier alpha value is -1.92. The number of aliphatic hydroxyl groups is 2. The van der Waals surface area contributed by atoms with Crippen molar-refractivity contribution in [2.45, 2.75) is 302 Å². The largest absolute Gasteiger partial charge is 0.466 e. The first-order valence-electron chi connectivity index (χ1n) is 27.7. The van der Waals surface area contributed by atoms with E-state index >= 15 is 0 Å². The highest BCUT2D eigenvalue weighted by Crippen LogP contribution is 2.16. The van der Waals surface area contributed by atoms with E-state index in [-0.39, 0.29) is 18.5 Å². The van der Waals surface area contributed by atoms with Crippen LogP contribution in [0.5, 0.6) is 0 Å². The van der Waals surface area contributed by atoms with Crippen LogP contribution in [0.25, 0.3) is 0 Å². The molecule has 3 N–H and O–H groups in total. The number of aliphatic hydroxyl groups excluding tert-OH is 2. The maximum absolute atomic E-state index is 12.5. The summed E-state index contributed by atoms with van der Waals surface area (Å²) in [6, 6.07) is -0.552. The number of rotatable bonds is 51. The summed E-state index contributed by atoms with van der Waals surface area (Å²) in [6.07, 6.45) is 64.1. The van der Waals surface area contributed by atoms with Crippen LogP contribution in [-0.2, 0) is 14.3 Å². The van der Waals surface area contributed by atoms with Crippen molar-refractivity contribution in [3.05, 3.63) is 36.5 Å². The van der Waals surface area contributed by atoms with Gasteiger partial charge < -0.3 is 20.3 Å². The van der Waals surface area contributed by atoms with Gasteiger partial charge in [0.1, 0.15) is 0 Å². The lowest BCUT2D eigenvalue weighted by molar-refractivity contribution is -0.143. The fraction of sp³-hybridized carbons (Fsp3) is 0.860. The van der Waals surface area contributed by atoms with E-state index in [0.717, 1.165) is 70.6 Å². The molecule has 0 aromatic rings. The molecule has 0 spiro atoms. The molecule has 1 amide bonds. The number of unbranched alkanes of at least 4 members (excludes halogenated alkanes) is 34. The van der Waals surface area contributed by atoms with Crippen LogP contribution in [0.15, 0.2) is 36.5 Å². The van der Waals surface area contributed by atoms with Gasteiger partial charge in [0.05, 0.1) is 25.4 Å². The Balaban J connectivity index is 3.46. The highest BCUT2D eigenvalue weighted by molar-refractivity contribution is 5.76. The minimum absolute atomic E-state index is 0.0120. The van der Waals surface area contributed by atoms with Crippen molar-refractivity contribution in [3.63, 3.8) is 0 Å². The van der Waals surface area contributed by atoms with Crippen molar-refractivity contribution in [2.75, 3.05) is 13.2 Å². The molecule has 2 atom stereocenters. The van der Waals surface area contributed by atoms with Crippen molar-refractivity contribution >= 4 is 11.9 Å². The van der Waals surface area contributed by atoms with Gasteiger partial charge in [-0.3, -0.25) is 9.59 Å². The number of carbonyl (C=O) groups is 2. The van der Waals surface area contributed by atoms with Crippen LogP contribution in [-0.4, -0.2) is 47.4 Å². The number of nitrogens with one attached hydrogen (secondary N) is 1. The first kappa shape index (κ1) is 61.1. The molecule has 0 radical (unpaired) electrons. The van der Waals surface area contributed by atoms with E-state index < -0.39 is 12.1 Å². The molecular formula is C57H107NO5. The number of amides is 1. The molecule has 0 aromatic carbocycles. The van der Waals surface area contributed by atoms with Crippen molar-refractivity contribution in [1.82, 2.24) is 5.32 Å². The molecule has 0 rings (SSSR count). The lowest BCUT2D eigenvalue weighted by Gasteiger charge is -2.22. The van der Waals surface area contributed by atoms with E-state index in [9.17, 15) is 19.8 Å². The molecule has 6 heteroatoms. The smallest absolute Gasteiger partial charge is 0.305 e. The molecule has 2 unspecified atom stereocenters. The van der Waals surface area contributed by atoms with Crippen LogP contribution in [0.3, 0.4) is 0 Å². The third-order valence-electron chi connectivity index (χ3n) is 12.7. The van der Waals surface area contributed by atoms with Gasteiger partial charge in [0.2, 0.25) is 5.91 Å². The monoisotopic (exact) mass is 886 g/mol. The molecular weight excluding hydrogens is 779 g/mol. The fourth-order valence-corrected chi connectivity index (χ4v) is 8.36. The molecule has 0 saturated heterocycles. The lowest BCUT2D eigenvalue weighted by atomic mass is 10.0. The summed E-state index contributed by atoms with van der Waals surface area (Å²) >= 11 is 0. The molecule has 0 saturated carbocycles. The quantitative estimate of drug-likeness (QED) is 0.0321. The van der Waals surface area contributed by atoms with Gasteiger partial charge in [-0.25, -0.2) is 0 Å². The zero-order valence-corrected chi connectivity index (χ0v) is 42.1. The molecule has 0 aromatic heterocycles. The van der Waals surface area contributed by atoms with Crippen molar-refractivity contribution in [2.24, 2.45) is 0 Å². The van der Waals surface area contributed by atoms with Crippen LogP contribution < -0.4 is 5.32 Å². The molecule has 63 heavy (non-hydrogen) atoms. The van der Waals surface area contributed by atoms with Crippen molar-refractivity contribution < 1.29 is 24.5 Å². The van der Waals surface area contributed by atoms with Crippen LogP contribution in [0.1, 0.15) is 290 Å². The van der Waals surface area contributed by atoms with Gasteiger partial charge in [-0.15, -0.1) is 0 Å². The van der Waals surface area contributed by atoms with E-state index in [1.54, 1.807) is 0 Å². The SMILES string of the molecule is CCCC/C=C\C/C=C\CCCCCCCC(=O)OCCCCCCCCCCC/C=C\CCCCCCCC(=O)NC(CO)C(O)CCCCCCCCCCCCCCCC. The summed E-state index contributed by atoms with van der Waals surface area (Å²) in [5.74, 6) is -0.0616. The standard InChI is InChI=1S/C57H107NO5/c1-3-5-7-9-11-13-15-17-25-29-33-37-41-45-49-55(60)54(53-59)58-56(61)50-46-42-38-34-30-26-23-21-19-20-22-24-28-32-36-40-44-48-52-63-57(62)51-47-43-39-35-31-27-18-16-14-12-10-8-6-4-2/h10,12,16,18,21,23,54-55,59-60H,3-9,11,13-15,17,19-20,22,24-53H2,1-2H3,(H,58,61)/b12-10-,18-16-,23-21-. The average Bonchev–Trinajstić information content (AvgIpc) is 3.28. The Morgan fingerprint density at radius 3 is 1.27 bits per heavy atom. The summed E-state index contributed by atoms with van der Waals surface area (Å²) in [5, 5.41) is 23.2. The molecule has 0 bridgehead atoms. The third kappa shape index (κ3) is 49.4. The summed E-state index contributed by atoms with van der Waals surface area (Å²) in [7, 11) is 0. The van der Waals surface area contributed by atoms with E-state index in [0.29, 0.717) is 25.9 Å². The van der Waals surface area contributed by atoms with Crippen LogP contribution in [0.4, 0.5) is 0 Å². The zero-order valence-electron chi connectivity index (χ0n) is 42.1. The molecule has 0 fully saturated rings. The van der Waals surface area contributed by atoms with Gasteiger partial charge >= 0.3 is 5.97 Å². The van der Waals surface area contributed by atoms with E-state index in [1.807, 2.05) is 0 Å². The molecule has 0 aliphatic heterocycles. The molecule has 0 aliphatic carbocycles. The zero-order chi connectivity index (χ0) is 45.8. The van der Waals surface area contributed by atoms with Gasteiger partial charge in [0.25, 0.3) is 0 Å². The summed E-state index contributed by atoms with van der Waals surface area (Å²) in [4.78, 5) is 24.5. The molecule has 370 valence electrons. The van der Waals surface area contributed by atoms with Crippen LogP contribution >= 0.6 is 0 Å². The summed E-state index contributed by atoms with van der Waals surface area (Å²) < 4.78 is 5.46. The maximum Gasteiger partial charge on any atom is 0.305 e. The van der Waals surface area contributed by atoms with Crippen LogP contribution in [0, 0.1) is 0 Å². The number of carbonyl (C=O) groups excluding carboxylic acids is 2. The number of esters is 1. The van der Waals surface area contributed by atoms with Gasteiger partial charge in [0, 0.05) is 12.8 Å². The highest BCUT2D eigenvalue weighted by atomic mass is 16.5. The third-order valence-corrected chi connectivity index (χ3v) is 12.7. The predicted octanol–water partition coefficient (Wildman–Crippen LogP) is 16.9. The van der Waals surface area contributed by atoms with Crippen LogP contribution in [0.2, 0.25) is 0 Å². The first-order chi connectivity index (χ1) is 31.0. The topological polar surface area (TPSA) is 95.9 Å². The second-order valence-corrected chi connectivity index (χ2v) is 18.9. The first-order valence-corrected chi connectivity index (χ1v) is 27.7. The van der Waals surface area contributed by atoms with E-state index in [4.69, 9.17) is 4.74 Å². The number of allylic oxidation sites excluding steroid dienone is 6. The van der Waals surface area contributed by atoms with Crippen molar-refractivity contribution in [1.29, 1.82) is 0 Å². The van der Waals surface area contributed by atoms with Gasteiger partial charge in [-0.1, -0.05) is 237 Å². The Labute approximate surface area is 392 Å². The van der Waals surface area contributed by atoms with Gasteiger partial charge in [-0.05, 0) is 77.0 Å². The Morgan fingerprint density at radius 2 is 0.810 bits per heavy atom. The highest BCUT2D eigenvalue weighted by Gasteiger charge is 2.20. The second-order valence-electron chi connectivity index (χ2n) is 18.9. The number of hydrogen-bond donors (Lipinski definition) is 3.